The first-order valence-corrected chi connectivity index (χ1v) is 5.12. The van der Waals surface area contributed by atoms with E-state index in [1.165, 1.54) is 0 Å². The molecule has 3 nitrogen and oxygen atoms in total. The van der Waals surface area contributed by atoms with Crippen molar-refractivity contribution in [3.63, 3.8) is 0 Å². The minimum Gasteiger partial charge on any atom is -0.382 e. The van der Waals surface area contributed by atoms with Crippen molar-refractivity contribution < 1.29 is 9.84 Å². The minimum atomic E-state index is -0.995. The fraction of sp³-hybridized carbons (Fsp3) is 0.500. The van der Waals surface area contributed by atoms with E-state index in [4.69, 9.17) is 10.5 Å². The van der Waals surface area contributed by atoms with Crippen LogP contribution in [-0.4, -0.2) is 25.4 Å². The highest BCUT2D eigenvalue weighted by Gasteiger charge is 2.34. The molecule has 0 amide bonds. The van der Waals surface area contributed by atoms with Crippen molar-refractivity contribution in [3.05, 3.63) is 35.9 Å². The van der Waals surface area contributed by atoms with Crippen LogP contribution in [0, 0.1) is 5.92 Å². The molecule has 0 fully saturated rings. The van der Waals surface area contributed by atoms with Crippen molar-refractivity contribution in [2.75, 3.05) is 20.3 Å². The summed E-state index contributed by atoms with van der Waals surface area (Å²) in [4.78, 5) is 0. The van der Waals surface area contributed by atoms with Gasteiger partial charge in [0.2, 0.25) is 0 Å². The largest absolute Gasteiger partial charge is 0.382 e. The van der Waals surface area contributed by atoms with Gasteiger partial charge in [-0.05, 0) is 12.1 Å². The van der Waals surface area contributed by atoms with Gasteiger partial charge in [-0.3, -0.25) is 0 Å². The molecule has 0 saturated heterocycles. The predicted molar refractivity (Wildman–Crippen MR) is 60.4 cm³/mol. The third kappa shape index (κ3) is 2.56. The van der Waals surface area contributed by atoms with Crippen LogP contribution in [-0.2, 0) is 10.3 Å². The lowest BCUT2D eigenvalue weighted by Gasteiger charge is -2.33. The summed E-state index contributed by atoms with van der Waals surface area (Å²) in [5.74, 6) is -0.0418. The topological polar surface area (TPSA) is 55.5 Å². The van der Waals surface area contributed by atoms with Crippen LogP contribution in [0.2, 0.25) is 0 Å². The standard InChI is InChI=1S/C12H19NO2/c1-10(8-13)12(14,9-15-2)11-6-4-3-5-7-11/h3-7,10,14H,8-9,13H2,1-2H3. The van der Waals surface area contributed by atoms with Crippen molar-refractivity contribution in [1.29, 1.82) is 0 Å². The summed E-state index contributed by atoms with van der Waals surface area (Å²) in [5.41, 5.74) is 5.47. The van der Waals surface area contributed by atoms with Crippen molar-refractivity contribution >= 4 is 0 Å². The van der Waals surface area contributed by atoms with Crippen LogP contribution in [0.15, 0.2) is 30.3 Å². The van der Waals surface area contributed by atoms with E-state index in [0.29, 0.717) is 6.54 Å². The molecule has 2 unspecified atom stereocenters. The average molecular weight is 209 g/mol. The van der Waals surface area contributed by atoms with Crippen LogP contribution in [0.1, 0.15) is 12.5 Å². The quantitative estimate of drug-likeness (QED) is 0.764. The molecule has 3 heteroatoms. The molecule has 0 aromatic heterocycles. The van der Waals surface area contributed by atoms with Gasteiger partial charge in [-0.15, -0.1) is 0 Å². The molecule has 0 bridgehead atoms. The Hall–Kier alpha value is -0.900. The number of ether oxygens (including phenoxy) is 1. The average Bonchev–Trinajstić information content (AvgIpc) is 2.29. The van der Waals surface area contributed by atoms with Crippen LogP contribution in [0.3, 0.4) is 0 Å². The van der Waals surface area contributed by atoms with Gasteiger partial charge in [0.25, 0.3) is 0 Å². The molecule has 3 N–H and O–H groups in total. The first-order chi connectivity index (χ1) is 7.15. The number of aliphatic hydroxyl groups is 1. The summed E-state index contributed by atoms with van der Waals surface area (Å²) in [6, 6.07) is 9.51. The van der Waals surface area contributed by atoms with Gasteiger partial charge in [-0.1, -0.05) is 37.3 Å². The molecule has 2 atom stereocenters. The van der Waals surface area contributed by atoms with Crippen molar-refractivity contribution in [1.82, 2.24) is 0 Å². The molecular weight excluding hydrogens is 190 g/mol. The van der Waals surface area contributed by atoms with E-state index in [1.807, 2.05) is 37.3 Å². The summed E-state index contributed by atoms with van der Waals surface area (Å²) in [6.45, 7) is 2.61. The molecule has 1 aromatic carbocycles. The van der Waals surface area contributed by atoms with Crippen LogP contribution in [0.4, 0.5) is 0 Å². The predicted octanol–water partition coefficient (Wildman–Crippen LogP) is 1.12. The molecule has 0 heterocycles. The Morgan fingerprint density at radius 2 is 2.00 bits per heavy atom. The molecule has 0 aliphatic rings. The Morgan fingerprint density at radius 1 is 1.40 bits per heavy atom. The van der Waals surface area contributed by atoms with Gasteiger partial charge < -0.3 is 15.6 Å². The molecule has 1 rings (SSSR count). The van der Waals surface area contributed by atoms with E-state index in [1.54, 1.807) is 7.11 Å². The van der Waals surface area contributed by atoms with E-state index in [2.05, 4.69) is 0 Å². The molecule has 0 radical (unpaired) electrons. The number of hydrogen-bond donors (Lipinski definition) is 2. The summed E-state index contributed by atoms with van der Waals surface area (Å²) < 4.78 is 5.08. The molecule has 0 aliphatic heterocycles. The summed E-state index contributed by atoms with van der Waals surface area (Å²) in [7, 11) is 1.58. The van der Waals surface area contributed by atoms with Crippen molar-refractivity contribution in [3.8, 4) is 0 Å². The van der Waals surface area contributed by atoms with E-state index in [9.17, 15) is 5.11 Å². The van der Waals surface area contributed by atoms with Crippen LogP contribution in [0.25, 0.3) is 0 Å². The number of hydrogen-bond acceptors (Lipinski definition) is 3. The third-order valence-electron chi connectivity index (χ3n) is 2.81. The van der Waals surface area contributed by atoms with E-state index < -0.39 is 5.60 Å². The lowest BCUT2D eigenvalue weighted by atomic mass is 9.83. The van der Waals surface area contributed by atoms with Gasteiger partial charge in [0.05, 0.1) is 6.61 Å². The monoisotopic (exact) mass is 209 g/mol. The summed E-state index contributed by atoms with van der Waals surface area (Å²) in [5, 5.41) is 10.5. The lowest BCUT2D eigenvalue weighted by Crippen LogP contribution is -2.41. The molecular formula is C12H19NO2. The van der Waals surface area contributed by atoms with Gasteiger partial charge >= 0.3 is 0 Å². The maximum atomic E-state index is 10.5. The van der Waals surface area contributed by atoms with E-state index in [-0.39, 0.29) is 12.5 Å². The highest BCUT2D eigenvalue weighted by atomic mass is 16.5. The number of methoxy groups -OCH3 is 1. The zero-order chi connectivity index (χ0) is 11.3. The Labute approximate surface area is 90.9 Å². The number of nitrogens with two attached hydrogens (primary N) is 1. The first-order valence-electron chi connectivity index (χ1n) is 5.12. The molecule has 0 saturated carbocycles. The fourth-order valence-electron chi connectivity index (χ4n) is 1.65. The SMILES string of the molecule is COCC(O)(c1ccccc1)C(C)CN. The highest BCUT2D eigenvalue weighted by Crippen LogP contribution is 2.29. The van der Waals surface area contributed by atoms with Gasteiger partial charge in [0, 0.05) is 13.0 Å². The third-order valence-corrected chi connectivity index (χ3v) is 2.81. The zero-order valence-electron chi connectivity index (χ0n) is 9.31. The summed E-state index contributed by atoms with van der Waals surface area (Å²) >= 11 is 0. The highest BCUT2D eigenvalue weighted by molar-refractivity contribution is 5.23. The van der Waals surface area contributed by atoms with E-state index in [0.717, 1.165) is 5.56 Å². The van der Waals surface area contributed by atoms with Crippen molar-refractivity contribution in [2.24, 2.45) is 11.7 Å². The second-order valence-corrected chi connectivity index (χ2v) is 3.86. The van der Waals surface area contributed by atoms with E-state index >= 15 is 0 Å². The second-order valence-electron chi connectivity index (χ2n) is 3.86. The van der Waals surface area contributed by atoms with Crippen LogP contribution >= 0.6 is 0 Å². The molecule has 0 spiro atoms. The first kappa shape index (κ1) is 12.2. The Balaban J connectivity index is 3.01. The van der Waals surface area contributed by atoms with Gasteiger partial charge in [-0.25, -0.2) is 0 Å². The molecule has 84 valence electrons. The van der Waals surface area contributed by atoms with Crippen molar-refractivity contribution in [2.45, 2.75) is 12.5 Å². The van der Waals surface area contributed by atoms with Crippen LogP contribution in [0.5, 0.6) is 0 Å². The smallest absolute Gasteiger partial charge is 0.117 e. The Morgan fingerprint density at radius 3 is 2.47 bits per heavy atom. The van der Waals surface area contributed by atoms with Gasteiger partial charge in [-0.2, -0.15) is 0 Å². The normalized spacial score (nSPS) is 17.1. The van der Waals surface area contributed by atoms with Gasteiger partial charge in [0.15, 0.2) is 0 Å². The molecule has 1 aromatic rings. The number of benzene rings is 1. The van der Waals surface area contributed by atoms with Gasteiger partial charge in [0.1, 0.15) is 5.60 Å². The molecule has 15 heavy (non-hydrogen) atoms. The Bertz CT molecular complexity index is 289. The fourth-order valence-corrected chi connectivity index (χ4v) is 1.65. The lowest BCUT2D eigenvalue weighted by molar-refractivity contribution is -0.0725. The maximum absolute atomic E-state index is 10.5. The summed E-state index contributed by atoms with van der Waals surface area (Å²) in [6.07, 6.45) is 0. The maximum Gasteiger partial charge on any atom is 0.117 e. The van der Waals surface area contributed by atoms with Crippen LogP contribution < -0.4 is 5.73 Å². The number of rotatable bonds is 5. The second kappa shape index (κ2) is 5.26. The minimum absolute atomic E-state index is 0.0418. The Kier molecular flexibility index (Phi) is 4.27. The zero-order valence-corrected chi connectivity index (χ0v) is 9.31. The molecule has 0 aliphatic carbocycles.